The lowest BCUT2D eigenvalue weighted by Crippen LogP contribution is -2.38. The Kier molecular flexibility index (Phi) is 8.12. The van der Waals surface area contributed by atoms with Gasteiger partial charge in [0.05, 0.1) is 30.2 Å². The number of carbonyl (C=O) groups is 1. The number of anilines is 2. The summed E-state index contributed by atoms with van der Waals surface area (Å²) in [6, 6.07) is 4.97. The summed E-state index contributed by atoms with van der Waals surface area (Å²) in [5.41, 5.74) is 13.7. The van der Waals surface area contributed by atoms with E-state index >= 15 is 0 Å². The number of nitrogens with two attached hydrogens (primary N) is 2. The highest BCUT2D eigenvalue weighted by molar-refractivity contribution is 5.76. The summed E-state index contributed by atoms with van der Waals surface area (Å²) >= 11 is 0. The third kappa shape index (κ3) is 5.70. The number of hydrogen-bond donors (Lipinski definition) is 2. The Hall–Kier alpha value is -3.38. The quantitative estimate of drug-likeness (QED) is 0.422. The number of nitrogen functional groups attached to an aromatic ring is 1. The number of morpholine rings is 1. The Morgan fingerprint density at radius 2 is 1.97 bits per heavy atom. The van der Waals surface area contributed by atoms with Crippen LogP contribution >= 0.6 is 0 Å². The number of nitrogens with zero attached hydrogens (tertiary/aromatic N) is 4. The first-order valence-corrected chi connectivity index (χ1v) is 12.6. The molecule has 3 aromatic rings. The van der Waals surface area contributed by atoms with E-state index in [1.54, 1.807) is 12.1 Å². The second-order valence-corrected chi connectivity index (χ2v) is 9.58. The number of aromatic nitrogens is 3. The molecule has 1 saturated heterocycles. The SMILES string of the molecule is CCC(C)C(N)C(=O)OCc1nc2c(N)cc(N3CCOCC3)nn2c1Cc1cccc(C(F)(F)F)c1C. The molecule has 3 heterocycles. The van der Waals surface area contributed by atoms with Crippen LogP contribution in [0.15, 0.2) is 24.3 Å². The van der Waals surface area contributed by atoms with Crippen LogP contribution in [0.2, 0.25) is 0 Å². The van der Waals surface area contributed by atoms with Gasteiger partial charge in [-0.3, -0.25) is 4.79 Å². The van der Waals surface area contributed by atoms with Gasteiger partial charge in [-0.1, -0.05) is 32.4 Å². The molecule has 4 N–H and O–H groups in total. The van der Waals surface area contributed by atoms with Crippen molar-refractivity contribution in [1.82, 2.24) is 14.6 Å². The maximum absolute atomic E-state index is 13.6. The minimum atomic E-state index is -4.49. The van der Waals surface area contributed by atoms with E-state index in [1.807, 2.05) is 18.7 Å². The van der Waals surface area contributed by atoms with Crippen molar-refractivity contribution in [2.75, 3.05) is 36.9 Å². The molecule has 1 aliphatic rings. The van der Waals surface area contributed by atoms with Gasteiger partial charge in [0.1, 0.15) is 18.3 Å². The van der Waals surface area contributed by atoms with Crippen LogP contribution in [-0.4, -0.2) is 52.9 Å². The predicted octanol–water partition coefficient (Wildman–Crippen LogP) is 3.48. The highest BCUT2D eigenvalue weighted by atomic mass is 19.4. The fraction of sp³-hybridized carbons (Fsp3) is 0.500. The fourth-order valence-electron chi connectivity index (χ4n) is 4.44. The number of benzene rings is 1. The maximum atomic E-state index is 13.6. The van der Waals surface area contributed by atoms with E-state index in [-0.39, 0.29) is 24.5 Å². The summed E-state index contributed by atoms with van der Waals surface area (Å²) in [7, 11) is 0. The summed E-state index contributed by atoms with van der Waals surface area (Å²) in [6.45, 7) is 7.32. The molecule has 0 aliphatic carbocycles. The van der Waals surface area contributed by atoms with Crippen molar-refractivity contribution in [3.8, 4) is 0 Å². The summed E-state index contributed by atoms with van der Waals surface area (Å²) in [5.74, 6) is -0.0585. The van der Waals surface area contributed by atoms with Gasteiger partial charge in [-0.2, -0.15) is 13.2 Å². The maximum Gasteiger partial charge on any atom is 0.416 e. The highest BCUT2D eigenvalue weighted by Gasteiger charge is 2.33. The first kappa shape index (κ1) is 27.6. The molecule has 0 bridgehead atoms. The van der Waals surface area contributed by atoms with E-state index in [0.717, 1.165) is 6.07 Å². The zero-order valence-corrected chi connectivity index (χ0v) is 21.7. The van der Waals surface area contributed by atoms with E-state index in [0.29, 0.717) is 66.8 Å². The standard InChI is InChI=1S/C26H33F3N6O3/c1-4-15(2)23(31)25(36)38-14-20-21(12-17-6-5-7-18(16(17)3)26(27,28)29)35-24(32-20)19(30)13-22(33-35)34-8-10-37-11-9-34/h5-7,13,15,23H,4,8-12,14,30-31H2,1-3H3. The molecule has 4 rings (SSSR count). The summed E-state index contributed by atoms with van der Waals surface area (Å²) in [5, 5.41) is 4.74. The lowest BCUT2D eigenvalue weighted by molar-refractivity contribution is -0.148. The van der Waals surface area contributed by atoms with Crippen molar-refractivity contribution in [2.45, 2.75) is 52.4 Å². The lowest BCUT2D eigenvalue weighted by atomic mass is 9.98. The van der Waals surface area contributed by atoms with Gasteiger partial charge in [-0.05, 0) is 30.0 Å². The number of rotatable bonds is 8. The normalized spacial score (nSPS) is 16.0. The number of alkyl halides is 3. The van der Waals surface area contributed by atoms with Crippen LogP contribution in [-0.2, 0) is 33.5 Å². The Morgan fingerprint density at radius 1 is 1.26 bits per heavy atom. The first-order valence-electron chi connectivity index (χ1n) is 12.6. The molecule has 1 fully saturated rings. The van der Waals surface area contributed by atoms with Crippen molar-refractivity contribution < 1.29 is 27.4 Å². The van der Waals surface area contributed by atoms with Crippen molar-refractivity contribution in [2.24, 2.45) is 11.7 Å². The molecule has 0 radical (unpaired) electrons. The monoisotopic (exact) mass is 534 g/mol. The zero-order valence-electron chi connectivity index (χ0n) is 21.7. The number of carbonyl (C=O) groups excluding carboxylic acids is 1. The second-order valence-electron chi connectivity index (χ2n) is 9.58. The van der Waals surface area contributed by atoms with Crippen LogP contribution < -0.4 is 16.4 Å². The van der Waals surface area contributed by atoms with Gasteiger partial charge >= 0.3 is 12.1 Å². The van der Waals surface area contributed by atoms with Gasteiger partial charge in [-0.15, -0.1) is 5.10 Å². The average molecular weight is 535 g/mol. The smallest absolute Gasteiger partial charge is 0.416 e. The number of esters is 1. The molecule has 2 aromatic heterocycles. The Bertz CT molecular complexity index is 1300. The van der Waals surface area contributed by atoms with E-state index in [2.05, 4.69) is 4.98 Å². The molecule has 206 valence electrons. The minimum Gasteiger partial charge on any atom is -0.458 e. The van der Waals surface area contributed by atoms with Crippen molar-refractivity contribution in [3.05, 3.63) is 52.3 Å². The van der Waals surface area contributed by atoms with Gasteiger partial charge in [0.15, 0.2) is 11.5 Å². The molecule has 2 unspecified atom stereocenters. The number of fused-ring (bicyclic) bond motifs is 1. The molecule has 2 atom stereocenters. The van der Waals surface area contributed by atoms with E-state index in [1.165, 1.54) is 17.5 Å². The lowest BCUT2D eigenvalue weighted by Gasteiger charge is -2.27. The average Bonchev–Trinajstić information content (AvgIpc) is 3.25. The van der Waals surface area contributed by atoms with Crippen LogP contribution in [0.5, 0.6) is 0 Å². The van der Waals surface area contributed by atoms with Gasteiger partial charge in [-0.25, -0.2) is 9.50 Å². The van der Waals surface area contributed by atoms with Crippen LogP contribution in [0.1, 0.15) is 48.3 Å². The second kappa shape index (κ2) is 11.2. The van der Waals surface area contributed by atoms with Gasteiger partial charge < -0.3 is 25.8 Å². The largest absolute Gasteiger partial charge is 0.458 e. The molecule has 12 heteroatoms. The molecule has 1 aliphatic heterocycles. The van der Waals surface area contributed by atoms with E-state index in [9.17, 15) is 18.0 Å². The van der Waals surface area contributed by atoms with Crippen LogP contribution in [0, 0.1) is 12.8 Å². The van der Waals surface area contributed by atoms with Crippen LogP contribution in [0.3, 0.4) is 0 Å². The van der Waals surface area contributed by atoms with Crippen LogP contribution in [0.25, 0.3) is 5.65 Å². The Balaban J connectivity index is 1.77. The van der Waals surface area contributed by atoms with Crippen molar-refractivity contribution >= 4 is 23.1 Å². The number of imidazole rings is 1. The number of halogens is 3. The first-order chi connectivity index (χ1) is 18.0. The van der Waals surface area contributed by atoms with Crippen LogP contribution in [0.4, 0.5) is 24.7 Å². The van der Waals surface area contributed by atoms with E-state index < -0.39 is 23.8 Å². The minimum absolute atomic E-state index is 0.0697. The molecule has 9 nitrogen and oxygen atoms in total. The molecule has 0 saturated carbocycles. The summed E-state index contributed by atoms with van der Waals surface area (Å²) in [6.07, 6.45) is -3.72. The van der Waals surface area contributed by atoms with Gasteiger partial charge in [0.25, 0.3) is 0 Å². The fourth-order valence-corrected chi connectivity index (χ4v) is 4.44. The summed E-state index contributed by atoms with van der Waals surface area (Å²) in [4.78, 5) is 19.2. The molecule has 1 aromatic carbocycles. The topological polar surface area (TPSA) is 121 Å². The number of ether oxygens (including phenoxy) is 2. The molecular weight excluding hydrogens is 501 g/mol. The molecule has 0 amide bonds. The molecule has 38 heavy (non-hydrogen) atoms. The Morgan fingerprint density at radius 3 is 2.63 bits per heavy atom. The van der Waals surface area contributed by atoms with Crippen molar-refractivity contribution in [1.29, 1.82) is 0 Å². The van der Waals surface area contributed by atoms with Gasteiger partial charge in [0.2, 0.25) is 0 Å². The zero-order chi connectivity index (χ0) is 27.6. The van der Waals surface area contributed by atoms with Gasteiger partial charge in [0, 0.05) is 25.6 Å². The third-order valence-corrected chi connectivity index (χ3v) is 7.10. The molecular formula is C26H33F3N6O3. The predicted molar refractivity (Wildman–Crippen MR) is 137 cm³/mol. The Labute approximate surface area is 218 Å². The number of hydrogen-bond acceptors (Lipinski definition) is 8. The van der Waals surface area contributed by atoms with E-state index in [4.69, 9.17) is 26.0 Å². The molecule has 0 spiro atoms. The highest BCUT2D eigenvalue weighted by Crippen LogP contribution is 2.34. The van der Waals surface area contributed by atoms with Crippen molar-refractivity contribution in [3.63, 3.8) is 0 Å². The summed E-state index contributed by atoms with van der Waals surface area (Å²) < 4.78 is 53.3. The third-order valence-electron chi connectivity index (χ3n) is 7.10.